The lowest BCUT2D eigenvalue weighted by Gasteiger charge is -2.19. The van der Waals surface area contributed by atoms with Gasteiger partial charge in [-0.1, -0.05) is 131 Å². The molecule has 0 radical (unpaired) electrons. The second-order valence-corrected chi connectivity index (χ2v) is 13.5. The van der Waals surface area contributed by atoms with Crippen molar-refractivity contribution in [1.82, 2.24) is 0 Å². The second-order valence-electron chi connectivity index (χ2n) is 12.1. The van der Waals surface area contributed by atoms with E-state index in [2.05, 4.69) is 98.9 Å². The van der Waals surface area contributed by atoms with Crippen molar-refractivity contribution in [3.8, 4) is 0 Å². The smallest absolute Gasteiger partial charge is 0.462 e. The van der Waals surface area contributed by atoms with E-state index in [0.717, 1.165) is 96.3 Å². The number of carbonyl (C=O) groups excluding carboxylic acids is 2. The van der Waals surface area contributed by atoms with Crippen molar-refractivity contribution in [1.29, 1.82) is 0 Å². The Kier molecular flexibility index (Phi) is 34.9. The number of unbranched alkanes of at least 4 members (excludes halogenated alkanes) is 7. The molecule has 0 aromatic heterocycles. The van der Waals surface area contributed by atoms with E-state index in [1.165, 1.54) is 0 Å². The van der Waals surface area contributed by atoms with E-state index < -0.39 is 32.5 Å². The molecule has 0 aliphatic rings. The molecule has 10 heteroatoms. The fraction of sp³-hybridized carbons (Fsp3) is 0.610. The maximum Gasteiger partial charge on any atom is 0.472 e. The zero-order chi connectivity index (χ0) is 37.5. The van der Waals surface area contributed by atoms with E-state index in [1.807, 2.05) is 0 Å². The molecule has 0 saturated carbocycles. The van der Waals surface area contributed by atoms with Crippen LogP contribution in [0, 0.1) is 0 Å². The van der Waals surface area contributed by atoms with Gasteiger partial charge in [0.25, 0.3) is 0 Å². The summed E-state index contributed by atoms with van der Waals surface area (Å²) in [7, 11) is -4.38. The van der Waals surface area contributed by atoms with Crippen LogP contribution in [-0.2, 0) is 32.7 Å². The fourth-order valence-corrected chi connectivity index (χ4v) is 5.26. The number of ether oxygens (including phenoxy) is 2. The first-order valence-electron chi connectivity index (χ1n) is 19.1. The number of carbonyl (C=O) groups is 2. The highest BCUT2D eigenvalue weighted by Gasteiger charge is 2.25. The Labute approximate surface area is 309 Å². The minimum atomic E-state index is -4.38. The molecule has 0 aliphatic heterocycles. The van der Waals surface area contributed by atoms with Crippen LogP contribution in [0.25, 0.3) is 0 Å². The minimum absolute atomic E-state index is 0.0431. The Morgan fingerprint density at radius 2 is 1.08 bits per heavy atom. The van der Waals surface area contributed by atoms with Crippen LogP contribution in [0.15, 0.2) is 85.1 Å². The number of rotatable bonds is 34. The molecule has 0 rings (SSSR count). The molecule has 0 aliphatic carbocycles. The van der Waals surface area contributed by atoms with Crippen molar-refractivity contribution in [2.24, 2.45) is 5.73 Å². The molecular weight excluding hydrogens is 665 g/mol. The zero-order valence-electron chi connectivity index (χ0n) is 31.5. The number of phosphoric ester groups is 1. The van der Waals surface area contributed by atoms with E-state index in [9.17, 15) is 19.0 Å². The molecule has 290 valence electrons. The lowest BCUT2D eigenvalue weighted by Crippen LogP contribution is -2.29. The molecule has 0 saturated heterocycles. The van der Waals surface area contributed by atoms with Crippen LogP contribution in [0.5, 0.6) is 0 Å². The molecule has 3 N–H and O–H groups in total. The molecule has 2 unspecified atom stereocenters. The van der Waals surface area contributed by atoms with E-state index >= 15 is 0 Å². The van der Waals surface area contributed by atoms with Crippen LogP contribution in [0.4, 0.5) is 0 Å². The van der Waals surface area contributed by atoms with Crippen molar-refractivity contribution in [3.05, 3.63) is 85.1 Å². The van der Waals surface area contributed by atoms with Gasteiger partial charge in [-0.05, 0) is 70.6 Å². The summed E-state index contributed by atoms with van der Waals surface area (Å²) in [6.45, 7) is 3.44. The molecule has 0 fully saturated rings. The first-order chi connectivity index (χ1) is 24.8. The van der Waals surface area contributed by atoms with E-state index in [-0.39, 0.29) is 32.6 Å². The Balaban J connectivity index is 4.16. The lowest BCUT2D eigenvalue weighted by molar-refractivity contribution is -0.161. The van der Waals surface area contributed by atoms with Gasteiger partial charge < -0.3 is 20.1 Å². The average Bonchev–Trinajstić information content (AvgIpc) is 3.11. The van der Waals surface area contributed by atoms with Gasteiger partial charge >= 0.3 is 19.8 Å². The van der Waals surface area contributed by atoms with Gasteiger partial charge in [0.15, 0.2) is 6.10 Å². The second kappa shape index (κ2) is 37.0. The SMILES string of the molecule is CC/C=C\C/C=C\C/C=C\C/C=C\C/C=C\C/C=C\C/C=C\CCCCCC(=O)OC(COC(=O)CCCCCCC)COP(=O)(O)OCCN. The third-order valence-corrected chi connectivity index (χ3v) is 8.28. The molecule has 0 spiro atoms. The molecule has 0 aromatic rings. The number of allylic oxidation sites excluding steroid dienone is 14. The molecule has 0 bridgehead atoms. The standard InChI is InChI=1S/C41H68NO8P/c1-3-5-7-9-10-11-12-13-14-15-16-17-18-19-20-21-22-23-24-25-26-27-28-30-32-34-41(44)50-39(38-49-51(45,46)48-36-35-42)37-47-40(43)33-31-29-8-6-4-2/h5,7,10-11,13-14,16-17,19-20,22-23,25-26,39H,3-4,6,8-9,12,15,18,21,24,27-38,42H2,1-2H3,(H,45,46)/b7-5-,11-10-,14-13-,17-16-,20-19-,23-22-,26-25-. The van der Waals surface area contributed by atoms with Crippen LogP contribution < -0.4 is 5.73 Å². The predicted octanol–water partition coefficient (Wildman–Crippen LogP) is 10.5. The summed E-state index contributed by atoms with van der Waals surface area (Å²) < 4.78 is 32.4. The summed E-state index contributed by atoms with van der Waals surface area (Å²) in [6, 6.07) is 0. The van der Waals surface area contributed by atoms with Gasteiger partial charge in [-0.15, -0.1) is 0 Å². The fourth-order valence-electron chi connectivity index (χ4n) is 4.49. The number of nitrogens with two attached hydrogens (primary N) is 1. The molecule has 2 atom stereocenters. The number of esters is 2. The third-order valence-electron chi connectivity index (χ3n) is 7.30. The van der Waals surface area contributed by atoms with Crippen LogP contribution in [0.2, 0.25) is 0 Å². The first-order valence-corrected chi connectivity index (χ1v) is 20.6. The summed E-state index contributed by atoms with van der Waals surface area (Å²) in [4.78, 5) is 34.4. The third kappa shape index (κ3) is 36.8. The molecule has 0 aromatic carbocycles. The Morgan fingerprint density at radius 3 is 1.59 bits per heavy atom. The normalized spacial score (nSPS) is 14.4. The van der Waals surface area contributed by atoms with Crippen LogP contribution >= 0.6 is 7.82 Å². The van der Waals surface area contributed by atoms with Gasteiger partial charge in [-0.2, -0.15) is 0 Å². The van der Waals surface area contributed by atoms with Gasteiger partial charge in [-0.3, -0.25) is 18.6 Å². The number of phosphoric acid groups is 1. The first kappa shape index (κ1) is 48.2. The van der Waals surface area contributed by atoms with E-state index in [0.29, 0.717) is 6.42 Å². The van der Waals surface area contributed by atoms with Crippen molar-refractivity contribution < 1.29 is 37.6 Å². The van der Waals surface area contributed by atoms with Gasteiger partial charge in [0.2, 0.25) is 0 Å². The van der Waals surface area contributed by atoms with Gasteiger partial charge in [0.05, 0.1) is 13.2 Å². The van der Waals surface area contributed by atoms with Crippen molar-refractivity contribution in [3.63, 3.8) is 0 Å². The summed E-state index contributed by atoms with van der Waals surface area (Å²) >= 11 is 0. The van der Waals surface area contributed by atoms with Crippen molar-refractivity contribution in [2.75, 3.05) is 26.4 Å². The highest BCUT2D eigenvalue weighted by atomic mass is 31.2. The quantitative estimate of drug-likeness (QED) is 0.0287. The summed E-state index contributed by atoms with van der Waals surface area (Å²) in [5.41, 5.74) is 5.31. The highest BCUT2D eigenvalue weighted by molar-refractivity contribution is 7.47. The topological polar surface area (TPSA) is 134 Å². The summed E-state index contributed by atoms with van der Waals surface area (Å²) in [5, 5.41) is 0. The molecule has 0 amide bonds. The molecule has 0 heterocycles. The lowest BCUT2D eigenvalue weighted by atomic mass is 10.1. The largest absolute Gasteiger partial charge is 0.472 e. The van der Waals surface area contributed by atoms with Crippen LogP contribution in [-0.4, -0.2) is 49.3 Å². The molecule has 51 heavy (non-hydrogen) atoms. The molecule has 9 nitrogen and oxygen atoms in total. The predicted molar refractivity (Wildman–Crippen MR) is 210 cm³/mol. The Bertz CT molecular complexity index is 1110. The monoisotopic (exact) mass is 733 g/mol. The van der Waals surface area contributed by atoms with Crippen molar-refractivity contribution in [2.45, 2.75) is 136 Å². The number of hydrogen-bond donors (Lipinski definition) is 2. The number of hydrogen-bond acceptors (Lipinski definition) is 8. The van der Waals surface area contributed by atoms with E-state index in [4.69, 9.17) is 24.3 Å². The van der Waals surface area contributed by atoms with Crippen molar-refractivity contribution >= 4 is 19.8 Å². The average molecular weight is 734 g/mol. The Hall–Kier alpha value is -2.81. The van der Waals surface area contributed by atoms with Crippen LogP contribution in [0.3, 0.4) is 0 Å². The molecular formula is C41H68NO8P. The summed E-state index contributed by atoms with van der Waals surface area (Å²) in [5.74, 6) is -0.893. The van der Waals surface area contributed by atoms with E-state index in [1.54, 1.807) is 0 Å². The Morgan fingerprint density at radius 1 is 0.608 bits per heavy atom. The van der Waals surface area contributed by atoms with Crippen LogP contribution in [0.1, 0.15) is 129 Å². The van der Waals surface area contributed by atoms with Gasteiger partial charge in [0.1, 0.15) is 6.61 Å². The zero-order valence-corrected chi connectivity index (χ0v) is 32.4. The minimum Gasteiger partial charge on any atom is -0.462 e. The maximum absolute atomic E-state index is 12.5. The summed E-state index contributed by atoms with van der Waals surface area (Å²) in [6.07, 6.45) is 45.2. The van der Waals surface area contributed by atoms with Gasteiger partial charge in [-0.25, -0.2) is 4.57 Å². The highest BCUT2D eigenvalue weighted by Crippen LogP contribution is 2.43. The van der Waals surface area contributed by atoms with Gasteiger partial charge in [0, 0.05) is 19.4 Å². The maximum atomic E-state index is 12.5.